The van der Waals surface area contributed by atoms with Crippen LogP contribution in [0.25, 0.3) is 11.4 Å². The third-order valence-electron chi connectivity index (χ3n) is 4.95. The number of anilines is 1. The number of carbonyl (C=O) groups excluding carboxylic acids is 1. The quantitative estimate of drug-likeness (QED) is 0.735. The zero-order chi connectivity index (χ0) is 19.5. The smallest absolute Gasteiger partial charge is 0.257 e. The molecule has 1 aromatic carbocycles. The molecule has 0 spiro atoms. The molecule has 28 heavy (non-hydrogen) atoms. The average Bonchev–Trinajstić information content (AvgIpc) is 3.35. The number of benzene rings is 1. The van der Waals surface area contributed by atoms with Crippen LogP contribution in [0, 0.1) is 6.92 Å². The number of rotatable bonds is 5. The van der Waals surface area contributed by atoms with E-state index in [2.05, 4.69) is 20.4 Å². The molecule has 4 rings (SSSR count). The summed E-state index contributed by atoms with van der Waals surface area (Å²) in [6.07, 6.45) is 2.52. The van der Waals surface area contributed by atoms with Gasteiger partial charge in [0.1, 0.15) is 22.8 Å². The van der Waals surface area contributed by atoms with Gasteiger partial charge in [0, 0.05) is 25.3 Å². The molecular weight excluding hydrogens is 356 g/mol. The maximum atomic E-state index is 13.0. The zero-order valence-corrected chi connectivity index (χ0v) is 15.9. The highest BCUT2D eigenvalue weighted by Crippen LogP contribution is 2.30. The third-order valence-corrected chi connectivity index (χ3v) is 4.95. The summed E-state index contributed by atoms with van der Waals surface area (Å²) in [6, 6.07) is 13.4. The van der Waals surface area contributed by atoms with Gasteiger partial charge in [-0.05, 0) is 37.6 Å². The number of hydrogen-bond donors (Lipinski definition) is 1. The Hall–Kier alpha value is -3.35. The van der Waals surface area contributed by atoms with Gasteiger partial charge >= 0.3 is 0 Å². The van der Waals surface area contributed by atoms with Gasteiger partial charge in [-0.15, -0.1) is 0 Å². The summed E-state index contributed by atoms with van der Waals surface area (Å²) in [7, 11) is 1.67. The molecule has 0 bridgehead atoms. The fourth-order valence-electron chi connectivity index (χ4n) is 3.56. The van der Waals surface area contributed by atoms with Gasteiger partial charge in [-0.25, -0.2) is 0 Å². The van der Waals surface area contributed by atoms with Crippen LogP contribution in [0.4, 0.5) is 5.69 Å². The molecule has 2 aromatic heterocycles. The van der Waals surface area contributed by atoms with Crippen LogP contribution >= 0.6 is 0 Å². The molecule has 144 valence electrons. The molecule has 1 aliphatic heterocycles. The van der Waals surface area contributed by atoms with Gasteiger partial charge in [0.05, 0.1) is 18.5 Å². The van der Waals surface area contributed by atoms with Crippen LogP contribution in [-0.2, 0) is 0 Å². The van der Waals surface area contributed by atoms with Crippen LogP contribution in [0.2, 0.25) is 0 Å². The molecule has 1 saturated heterocycles. The summed E-state index contributed by atoms with van der Waals surface area (Å²) in [4.78, 5) is 19.5. The van der Waals surface area contributed by atoms with E-state index in [0.717, 1.165) is 30.9 Å². The number of pyridine rings is 1. The first-order valence-corrected chi connectivity index (χ1v) is 9.24. The molecular formula is C21H22N4O3. The number of amides is 1. The van der Waals surface area contributed by atoms with Crippen LogP contribution in [0.3, 0.4) is 0 Å². The molecule has 1 atom stereocenters. The topological polar surface area (TPSA) is 80.5 Å². The molecule has 7 nitrogen and oxygen atoms in total. The van der Waals surface area contributed by atoms with Gasteiger partial charge < -0.3 is 19.5 Å². The van der Waals surface area contributed by atoms with Crippen LogP contribution in [0.15, 0.2) is 53.2 Å². The van der Waals surface area contributed by atoms with Crippen molar-refractivity contribution in [3.05, 3.63) is 60.0 Å². The molecule has 0 aliphatic carbocycles. The van der Waals surface area contributed by atoms with Crippen LogP contribution in [0.5, 0.6) is 5.75 Å². The molecule has 0 radical (unpaired) electrons. The van der Waals surface area contributed by atoms with Gasteiger partial charge in [-0.3, -0.25) is 9.78 Å². The number of aryl methyl sites for hydroxylation is 1. The summed E-state index contributed by atoms with van der Waals surface area (Å²) in [5.41, 5.74) is 2.56. The second-order valence-electron chi connectivity index (χ2n) is 6.75. The highest BCUT2D eigenvalue weighted by molar-refractivity contribution is 6.00. The first-order chi connectivity index (χ1) is 13.7. The molecule has 7 heteroatoms. The summed E-state index contributed by atoms with van der Waals surface area (Å²) < 4.78 is 10.7. The lowest BCUT2D eigenvalue weighted by Crippen LogP contribution is -2.37. The molecule has 1 N–H and O–H groups in total. The normalized spacial score (nSPS) is 16.2. The Labute approximate surface area is 163 Å². The van der Waals surface area contributed by atoms with E-state index in [1.54, 1.807) is 20.2 Å². The van der Waals surface area contributed by atoms with E-state index in [9.17, 15) is 4.79 Å². The Morgan fingerprint density at radius 2 is 2.07 bits per heavy atom. The standard InChI is InChI=1S/C21H22N4O3/c1-14-19(20(24-28-14)16-7-5-6-11-22-16)21(26)23-15-10-12-25(13-15)17-8-3-4-9-18(17)27-2/h3-9,11,15H,10,12-13H2,1-2H3,(H,23,26). The molecule has 1 amide bonds. The second-order valence-corrected chi connectivity index (χ2v) is 6.75. The predicted octanol–water partition coefficient (Wildman–Crippen LogP) is 3.06. The maximum Gasteiger partial charge on any atom is 0.257 e. The minimum atomic E-state index is -0.189. The lowest BCUT2D eigenvalue weighted by atomic mass is 10.1. The third kappa shape index (κ3) is 3.43. The Morgan fingerprint density at radius 1 is 1.25 bits per heavy atom. The van der Waals surface area contributed by atoms with Crippen LogP contribution in [-0.4, -0.2) is 42.3 Å². The summed E-state index contributed by atoms with van der Waals surface area (Å²) in [6.45, 7) is 3.31. The highest BCUT2D eigenvalue weighted by Gasteiger charge is 2.29. The predicted molar refractivity (Wildman–Crippen MR) is 106 cm³/mol. The number of hydrogen-bond acceptors (Lipinski definition) is 6. The van der Waals surface area contributed by atoms with Crippen molar-refractivity contribution in [3.8, 4) is 17.1 Å². The average molecular weight is 378 g/mol. The largest absolute Gasteiger partial charge is 0.495 e. The van der Waals surface area contributed by atoms with Crippen molar-refractivity contribution in [1.29, 1.82) is 0 Å². The van der Waals surface area contributed by atoms with Crippen LogP contribution in [0.1, 0.15) is 22.5 Å². The van der Waals surface area contributed by atoms with Crippen molar-refractivity contribution >= 4 is 11.6 Å². The lowest BCUT2D eigenvalue weighted by molar-refractivity contribution is 0.0939. The number of para-hydroxylation sites is 2. The van der Waals surface area contributed by atoms with Crippen molar-refractivity contribution in [2.75, 3.05) is 25.1 Å². The lowest BCUT2D eigenvalue weighted by Gasteiger charge is -2.21. The molecule has 3 aromatic rings. The van der Waals surface area contributed by atoms with Crippen molar-refractivity contribution < 1.29 is 14.1 Å². The number of aromatic nitrogens is 2. The molecule has 1 aliphatic rings. The fourth-order valence-corrected chi connectivity index (χ4v) is 3.56. The fraction of sp³-hybridized carbons (Fsp3) is 0.286. The van der Waals surface area contributed by atoms with Gasteiger partial charge in [0.15, 0.2) is 0 Å². The number of ether oxygens (including phenoxy) is 1. The van der Waals surface area contributed by atoms with Crippen molar-refractivity contribution in [1.82, 2.24) is 15.5 Å². The molecule has 1 fully saturated rings. The number of methoxy groups -OCH3 is 1. The van der Waals surface area contributed by atoms with Crippen molar-refractivity contribution in [2.24, 2.45) is 0 Å². The number of carbonyl (C=O) groups is 1. The Balaban J connectivity index is 1.49. The Bertz CT molecular complexity index is 971. The van der Waals surface area contributed by atoms with E-state index in [1.165, 1.54) is 0 Å². The van der Waals surface area contributed by atoms with Crippen molar-refractivity contribution in [3.63, 3.8) is 0 Å². The van der Waals surface area contributed by atoms with Gasteiger partial charge in [-0.2, -0.15) is 0 Å². The van der Waals surface area contributed by atoms with E-state index in [0.29, 0.717) is 22.7 Å². The van der Waals surface area contributed by atoms with Crippen LogP contribution < -0.4 is 15.0 Å². The van der Waals surface area contributed by atoms with Gasteiger partial charge in [0.25, 0.3) is 5.91 Å². The zero-order valence-electron chi connectivity index (χ0n) is 15.9. The number of nitrogens with zero attached hydrogens (tertiary/aromatic N) is 3. The summed E-state index contributed by atoms with van der Waals surface area (Å²) in [5, 5.41) is 7.16. The molecule has 1 unspecified atom stereocenters. The minimum Gasteiger partial charge on any atom is -0.495 e. The van der Waals surface area contributed by atoms with Gasteiger partial charge in [-0.1, -0.05) is 23.4 Å². The van der Waals surface area contributed by atoms with E-state index in [1.807, 2.05) is 42.5 Å². The SMILES string of the molecule is COc1ccccc1N1CCC(NC(=O)c2c(-c3ccccn3)noc2C)C1. The van der Waals surface area contributed by atoms with Gasteiger partial charge in [0.2, 0.25) is 0 Å². The Morgan fingerprint density at radius 3 is 2.86 bits per heavy atom. The first kappa shape index (κ1) is 18.0. The molecule has 0 saturated carbocycles. The summed E-state index contributed by atoms with van der Waals surface area (Å²) >= 11 is 0. The van der Waals surface area contributed by atoms with Crippen molar-refractivity contribution in [2.45, 2.75) is 19.4 Å². The van der Waals surface area contributed by atoms with E-state index < -0.39 is 0 Å². The summed E-state index contributed by atoms with van der Waals surface area (Å²) in [5.74, 6) is 1.13. The Kier molecular flexibility index (Phi) is 4.97. The van der Waals surface area contributed by atoms with E-state index in [-0.39, 0.29) is 11.9 Å². The second kappa shape index (κ2) is 7.72. The molecule has 3 heterocycles. The maximum absolute atomic E-state index is 13.0. The van der Waals surface area contributed by atoms with E-state index in [4.69, 9.17) is 9.26 Å². The minimum absolute atomic E-state index is 0.0308. The monoisotopic (exact) mass is 378 g/mol. The highest BCUT2D eigenvalue weighted by atomic mass is 16.5. The number of nitrogens with one attached hydrogen (secondary N) is 1. The van der Waals surface area contributed by atoms with E-state index >= 15 is 0 Å². The first-order valence-electron chi connectivity index (χ1n) is 9.24.